The largest absolute Gasteiger partial charge is 0.465 e. The summed E-state index contributed by atoms with van der Waals surface area (Å²) >= 11 is 0. The molecule has 0 amide bonds. The van der Waals surface area contributed by atoms with Crippen molar-refractivity contribution in [3.05, 3.63) is 29.6 Å². The van der Waals surface area contributed by atoms with E-state index in [1.807, 2.05) is 0 Å². The van der Waals surface area contributed by atoms with Gasteiger partial charge in [0.15, 0.2) is 5.78 Å². The van der Waals surface area contributed by atoms with Gasteiger partial charge in [-0.3, -0.25) is 14.6 Å². The van der Waals surface area contributed by atoms with E-state index in [0.717, 1.165) is 5.69 Å². The van der Waals surface area contributed by atoms with Crippen LogP contribution in [0.1, 0.15) is 29.4 Å². The maximum atomic E-state index is 12.0. The third-order valence-electron chi connectivity index (χ3n) is 2.71. The molecule has 0 N–H and O–H groups in total. The molecule has 0 saturated carbocycles. The lowest BCUT2D eigenvalue weighted by Crippen LogP contribution is -2.31. The number of nitrogens with zero attached hydrogens (tertiary/aromatic N) is 1. The van der Waals surface area contributed by atoms with Crippen LogP contribution in [0.3, 0.4) is 0 Å². The maximum absolute atomic E-state index is 12.0. The Labute approximate surface area is 93.6 Å². The molecule has 1 unspecified atom stereocenters. The Bertz CT molecular complexity index is 428. The number of fused-ring (bicyclic) bond motifs is 1. The Balaban J connectivity index is 2.24. The third-order valence-corrected chi connectivity index (χ3v) is 2.71. The van der Waals surface area contributed by atoms with Gasteiger partial charge in [-0.1, -0.05) is 0 Å². The predicted octanol–water partition coefficient (Wildman–Crippen LogP) is 1.39. The van der Waals surface area contributed by atoms with Crippen molar-refractivity contribution >= 4 is 11.8 Å². The second-order valence-corrected chi connectivity index (χ2v) is 3.71. The van der Waals surface area contributed by atoms with E-state index in [2.05, 4.69) is 4.98 Å². The molecule has 0 aliphatic heterocycles. The quantitative estimate of drug-likeness (QED) is 0.557. The van der Waals surface area contributed by atoms with Crippen LogP contribution in [-0.4, -0.2) is 23.3 Å². The van der Waals surface area contributed by atoms with Gasteiger partial charge in [0.05, 0.1) is 12.3 Å². The minimum atomic E-state index is -0.642. The summed E-state index contributed by atoms with van der Waals surface area (Å²) in [5, 5.41) is 0. The lowest BCUT2D eigenvalue weighted by Gasteiger charge is -2.20. The molecule has 4 heteroatoms. The van der Waals surface area contributed by atoms with E-state index in [-0.39, 0.29) is 5.78 Å². The molecular weight excluding hydrogens is 206 g/mol. The summed E-state index contributed by atoms with van der Waals surface area (Å²) < 4.78 is 4.89. The molecule has 0 spiro atoms. The zero-order chi connectivity index (χ0) is 11.5. The fourth-order valence-electron chi connectivity index (χ4n) is 1.93. The molecule has 1 atom stereocenters. The Morgan fingerprint density at radius 2 is 2.44 bits per heavy atom. The van der Waals surface area contributed by atoms with E-state index in [1.54, 1.807) is 25.3 Å². The summed E-state index contributed by atoms with van der Waals surface area (Å²) in [4.78, 5) is 27.7. The molecule has 0 radical (unpaired) electrons. The van der Waals surface area contributed by atoms with Gasteiger partial charge in [-0.25, -0.2) is 0 Å². The first-order valence-corrected chi connectivity index (χ1v) is 5.38. The van der Waals surface area contributed by atoms with E-state index in [4.69, 9.17) is 4.74 Å². The highest BCUT2D eigenvalue weighted by atomic mass is 16.5. The number of carbonyl (C=O) groups excluding carboxylic acids is 2. The monoisotopic (exact) mass is 219 g/mol. The van der Waals surface area contributed by atoms with Crippen LogP contribution < -0.4 is 0 Å². The van der Waals surface area contributed by atoms with Crippen LogP contribution >= 0.6 is 0 Å². The van der Waals surface area contributed by atoms with E-state index < -0.39 is 11.9 Å². The van der Waals surface area contributed by atoms with Crippen molar-refractivity contribution < 1.29 is 14.3 Å². The van der Waals surface area contributed by atoms with Crippen LogP contribution in [0.4, 0.5) is 0 Å². The normalized spacial score (nSPS) is 19.1. The zero-order valence-electron chi connectivity index (χ0n) is 9.10. The van der Waals surface area contributed by atoms with Crippen LogP contribution in [-0.2, 0) is 16.0 Å². The average Bonchev–Trinajstić information content (AvgIpc) is 2.30. The van der Waals surface area contributed by atoms with Crippen molar-refractivity contribution in [3.63, 3.8) is 0 Å². The number of aryl methyl sites for hydroxylation is 1. The second-order valence-electron chi connectivity index (χ2n) is 3.71. The number of hydrogen-bond donors (Lipinski definition) is 0. The van der Waals surface area contributed by atoms with Gasteiger partial charge in [-0.2, -0.15) is 0 Å². The molecule has 0 saturated heterocycles. The molecule has 1 aromatic heterocycles. The number of pyridine rings is 1. The van der Waals surface area contributed by atoms with Crippen molar-refractivity contribution in [2.45, 2.75) is 19.8 Å². The summed E-state index contributed by atoms with van der Waals surface area (Å²) in [5.74, 6) is -1.22. The number of rotatable bonds is 2. The Hall–Kier alpha value is -1.71. The summed E-state index contributed by atoms with van der Waals surface area (Å²) in [6.45, 7) is 2.04. The van der Waals surface area contributed by atoms with Crippen molar-refractivity contribution in [1.82, 2.24) is 4.98 Å². The van der Waals surface area contributed by atoms with Gasteiger partial charge < -0.3 is 4.74 Å². The molecule has 2 rings (SSSR count). The average molecular weight is 219 g/mol. The van der Waals surface area contributed by atoms with Crippen LogP contribution in [0.2, 0.25) is 0 Å². The van der Waals surface area contributed by atoms with Crippen molar-refractivity contribution in [3.8, 4) is 0 Å². The smallest absolute Gasteiger partial charge is 0.316 e. The highest BCUT2D eigenvalue weighted by molar-refractivity contribution is 6.10. The highest BCUT2D eigenvalue weighted by Crippen LogP contribution is 2.24. The number of aromatic nitrogens is 1. The Morgan fingerprint density at radius 1 is 1.62 bits per heavy atom. The molecule has 1 aromatic rings. The highest BCUT2D eigenvalue weighted by Gasteiger charge is 2.34. The van der Waals surface area contributed by atoms with Gasteiger partial charge in [0.1, 0.15) is 5.92 Å². The van der Waals surface area contributed by atoms with Crippen LogP contribution in [0, 0.1) is 5.92 Å². The third kappa shape index (κ3) is 1.83. The minimum absolute atomic E-state index is 0.159. The van der Waals surface area contributed by atoms with Crippen molar-refractivity contribution in [1.29, 1.82) is 0 Å². The predicted molar refractivity (Wildman–Crippen MR) is 57.0 cm³/mol. The first kappa shape index (κ1) is 10.8. The SMILES string of the molecule is CCOC(=O)C1CCc2ncccc2C1=O. The molecular formula is C12H13NO3. The fourth-order valence-corrected chi connectivity index (χ4v) is 1.93. The fraction of sp³-hybridized carbons (Fsp3) is 0.417. The van der Waals surface area contributed by atoms with Gasteiger partial charge in [0.25, 0.3) is 0 Å². The number of carbonyl (C=O) groups is 2. The minimum Gasteiger partial charge on any atom is -0.465 e. The summed E-state index contributed by atoms with van der Waals surface area (Å²) in [6.07, 6.45) is 2.82. The van der Waals surface area contributed by atoms with E-state index in [1.165, 1.54) is 0 Å². The molecule has 1 aliphatic rings. The topological polar surface area (TPSA) is 56.3 Å². The summed E-state index contributed by atoms with van der Waals surface area (Å²) in [6, 6.07) is 3.43. The number of hydrogen-bond acceptors (Lipinski definition) is 4. The van der Waals surface area contributed by atoms with Crippen LogP contribution in [0.5, 0.6) is 0 Å². The number of ketones is 1. The summed E-state index contributed by atoms with van der Waals surface area (Å²) in [5.41, 5.74) is 1.35. The molecule has 0 fully saturated rings. The first-order valence-electron chi connectivity index (χ1n) is 5.38. The number of ether oxygens (including phenoxy) is 1. The van der Waals surface area contributed by atoms with E-state index in [9.17, 15) is 9.59 Å². The van der Waals surface area contributed by atoms with Crippen molar-refractivity contribution in [2.75, 3.05) is 6.61 Å². The molecule has 1 heterocycles. The van der Waals surface area contributed by atoms with Gasteiger partial charge in [-0.15, -0.1) is 0 Å². The zero-order valence-corrected chi connectivity index (χ0v) is 9.10. The molecule has 0 aromatic carbocycles. The van der Waals surface area contributed by atoms with E-state index in [0.29, 0.717) is 25.0 Å². The molecule has 0 bridgehead atoms. The summed E-state index contributed by atoms with van der Waals surface area (Å²) in [7, 11) is 0. The molecule has 16 heavy (non-hydrogen) atoms. The van der Waals surface area contributed by atoms with E-state index >= 15 is 0 Å². The lowest BCUT2D eigenvalue weighted by atomic mass is 9.85. The molecule has 4 nitrogen and oxygen atoms in total. The van der Waals surface area contributed by atoms with Gasteiger partial charge in [0, 0.05) is 11.8 Å². The molecule has 1 aliphatic carbocycles. The maximum Gasteiger partial charge on any atom is 0.316 e. The van der Waals surface area contributed by atoms with Crippen LogP contribution in [0.25, 0.3) is 0 Å². The second kappa shape index (κ2) is 4.43. The number of esters is 1. The van der Waals surface area contributed by atoms with Gasteiger partial charge in [-0.05, 0) is 31.9 Å². The lowest BCUT2D eigenvalue weighted by molar-refractivity contribution is -0.146. The number of Topliss-reactive ketones (excluding diaryl/α,β-unsaturated/α-hetero) is 1. The molecule has 84 valence electrons. The Kier molecular flexibility index (Phi) is 2.99. The standard InChI is InChI=1S/C12H13NO3/c1-2-16-12(15)9-5-6-10-8(11(9)14)4-3-7-13-10/h3-4,7,9H,2,5-6H2,1H3. The van der Waals surface area contributed by atoms with Gasteiger partial charge >= 0.3 is 5.97 Å². The van der Waals surface area contributed by atoms with Gasteiger partial charge in [0.2, 0.25) is 0 Å². The van der Waals surface area contributed by atoms with Crippen LogP contribution in [0.15, 0.2) is 18.3 Å². The Morgan fingerprint density at radius 3 is 3.19 bits per heavy atom. The van der Waals surface area contributed by atoms with Crippen molar-refractivity contribution in [2.24, 2.45) is 5.92 Å². The first-order chi connectivity index (χ1) is 7.74.